The number of nitrogens with zero attached hydrogens (tertiary/aromatic N) is 4. The molecule has 0 aliphatic heterocycles. The van der Waals surface area contributed by atoms with Gasteiger partial charge in [0, 0.05) is 35.0 Å². The molecule has 0 fully saturated rings. The van der Waals surface area contributed by atoms with Crippen LogP contribution in [-0.4, -0.2) is 19.3 Å². The number of para-hydroxylation sites is 3. The summed E-state index contributed by atoms with van der Waals surface area (Å²) in [7, 11) is 0. The van der Waals surface area contributed by atoms with Gasteiger partial charge in [-0.3, -0.25) is 4.68 Å². The Labute approximate surface area is 346 Å². The summed E-state index contributed by atoms with van der Waals surface area (Å²) in [5.41, 5.74) is 7.47. The van der Waals surface area contributed by atoms with Crippen molar-refractivity contribution >= 4 is 21.8 Å². The van der Waals surface area contributed by atoms with Gasteiger partial charge in [0.25, 0.3) is 0 Å². The quantitative estimate of drug-likeness (QED) is 0.128. The molecule has 0 atom stereocenters. The largest absolute Gasteiger partial charge is 2.00 e. The van der Waals surface area contributed by atoms with Gasteiger partial charge in [0.1, 0.15) is 28.8 Å². The van der Waals surface area contributed by atoms with E-state index >= 15 is 0 Å². The summed E-state index contributed by atoms with van der Waals surface area (Å²) in [4.78, 5) is 4.78. The van der Waals surface area contributed by atoms with E-state index in [2.05, 4.69) is 79.1 Å². The van der Waals surface area contributed by atoms with E-state index in [9.17, 15) is 0 Å². The molecule has 9 aromatic rings. The Hall–Kier alpha value is -6.43. The molecule has 0 N–H and O–H groups in total. The Balaban J connectivity index is 0.00000455. The normalized spacial score (nSPS) is 11.2. The van der Waals surface area contributed by atoms with Crippen LogP contribution in [0.25, 0.3) is 44.4 Å². The Bertz CT molecular complexity index is 2780. The number of fused-ring (bicyclic) bond motifs is 3. The van der Waals surface area contributed by atoms with E-state index in [4.69, 9.17) is 24.3 Å². The van der Waals surface area contributed by atoms with Crippen LogP contribution in [0.1, 0.15) is 36.5 Å². The second-order valence-corrected chi connectivity index (χ2v) is 14.1. The third-order valence-corrected chi connectivity index (χ3v) is 9.84. The van der Waals surface area contributed by atoms with E-state index in [1.807, 2.05) is 117 Å². The van der Waals surface area contributed by atoms with Crippen molar-refractivity contribution in [2.24, 2.45) is 0 Å². The molecule has 3 heterocycles. The van der Waals surface area contributed by atoms with Crippen LogP contribution >= 0.6 is 0 Å². The van der Waals surface area contributed by atoms with Crippen molar-refractivity contribution in [2.75, 3.05) is 0 Å². The van der Waals surface area contributed by atoms with Crippen LogP contribution in [0.15, 0.2) is 152 Å². The summed E-state index contributed by atoms with van der Waals surface area (Å²) in [6.07, 6.45) is 5.67. The number of rotatable bonds is 10. The van der Waals surface area contributed by atoms with Crippen LogP contribution in [0.2, 0.25) is 0 Å². The monoisotopic (exact) mass is 925 g/mol. The molecule has 0 aliphatic rings. The molecule has 8 heteroatoms. The van der Waals surface area contributed by atoms with E-state index in [0.29, 0.717) is 34.6 Å². The summed E-state index contributed by atoms with van der Waals surface area (Å²) in [5.74, 6) is 5.17. The third-order valence-electron chi connectivity index (χ3n) is 9.84. The second kappa shape index (κ2) is 16.0. The fourth-order valence-electron chi connectivity index (χ4n) is 7.11. The zero-order chi connectivity index (χ0) is 38.2. The molecular weight excluding hydrogens is 888 g/mol. The molecule has 0 radical (unpaired) electrons. The summed E-state index contributed by atoms with van der Waals surface area (Å²) in [6, 6.07) is 51.0. The number of hydrogen-bond donors (Lipinski definition) is 0. The Morgan fingerprint density at radius 1 is 0.632 bits per heavy atom. The predicted molar refractivity (Wildman–Crippen MR) is 222 cm³/mol. The number of aryl methyl sites for hydroxylation is 2. The van der Waals surface area contributed by atoms with E-state index in [1.165, 1.54) is 5.56 Å². The molecule has 6 aromatic carbocycles. The number of pyridine rings is 1. The summed E-state index contributed by atoms with van der Waals surface area (Å²) >= 11 is 0. The van der Waals surface area contributed by atoms with Crippen LogP contribution < -0.4 is 14.2 Å². The zero-order valence-electron chi connectivity index (χ0n) is 31.8. The molecule has 0 amide bonds. The van der Waals surface area contributed by atoms with Gasteiger partial charge in [0.05, 0.1) is 11.8 Å². The maximum atomic E-state index is 6.58. The minimum atomic E-state index is 0. The van der Waals surface area contributed by atoms with E-state index < -0.39 is 0 Å². The van der Waals surface area contributed by atoms with Gasteiger partial charge in [-0.05, 0) is 96.1 Å². The van der Waals surface area contributed by atoms with Gasteiger partial charge in [-0.1, -0.05) is 74.0 Å². The predicted octanol–water partition coefficient (Wildman–Crippen LogP) is 12.7. The summed E-state index contributed by atoms with van der Waals surface area (Å²) in [5, 5.41) is 7.00. The minimum absolute atomic E-state index is 0. The van der Waals surface area contributed by atoms with Gasteiger partial charge in [-0.2, -0.15) is 17.2 Å². The first-order valence-corrected chi connectivity index (χ1v) is 18.7. The second-order valence-electron chi connectivity index (χ2n) is 14.1. The van der Waals surface area contributed by atoms with Crippen LogP contribution in [0.4, 0.5) is 0 Å². The molecule has 3 aromatic heterocycles. The number of aromatic nitrogens is 4. The smallest absolute Gasteiger partial charge is 0.509 e. The molecule has 0 spiro atoms. The van der Waals surface area contributed by atoms with Crippen molar-refractivity contribution in [2.45, 2.75) is 33.6 Å². The van der Waals surface area contributed by atoms with Crippen molar-refractivity contribution in [1.82, 2.24) is 19.3 Å². The van der Waals surface area contributed by atoms with Gasteiger partial charge in [0.2, 0.25) is 0 Å². The van der Waals surface area contributed by atoms with E-state index in [0.717, 1.165) is 61.4 Å². The van der Waals surface area contributed by atoms with Gasteiger partial charge < -0.3 is 18.8 Å². The van der Waals surface area contributed by atoms with Gasteiger partial charge >= 0.3 is 21.1 Å². The zero-order valence-corrected chi connectivity index (χ0v) is 34.1. The van der Waals surface area contributed by atoms with Crippen molar-refractivity contribution in [3.63, 3.8) is 0 Å². The third kappa shape index (κ3) is 7.47. The Kier molecular flexibility index (Phi) is 10.5. The summed E-state index contributed by atoms with van der Waals surface area (Å²) < 4.78 is 23.6. The minimum Gasteiger partial charge on any atom is -0.509 e. The first kappa shape index (κ1) is 37.5. The topological polar surface area (TPSA) is 63.3 Å². The molecular formula is C49H38N4O3Pt. The number of benzene rings is 6. The van der Waals surface area contributed by atoms with Crippen molar-refractivity contribution < 1.29 is 35.3 Å². The molecule has 282 valence electrons. The average Bonchev–Trinajstić information content (AvgIpc) is 3.84. The first-order valence-electron chi connectivity index (χ1n) is 18.7. The molecule has 0 saturated carbocycles. The standard InChI is InChI=1S/C49H38N4O3.Pt/c1-32(2)35-24-25-50-46(27-35)53-44-21-12-11-20-42(44)43-23-22-41(29-45(43)53)54-40-19-13-14-37(28-40)52-31-36(30-51-52)47-48(55-38-15-7-5-8-16-38)33(3)26-34(4)49(47)56-39-17-9-6-10-18-39;/h5-27,30-32H,1-4H3;/q-2;+2. The van der Waals surface area contributed by atoms with Crippen LogP contribution in [0.3, 0.4) is 0 Å². The van der Waals surface area contributed by atoms with Crippen LogP contribution in [0, 0.1) is 26.0 Å². The van der Waals surface area contributed by atoms with Crippen molar-refractivity contribution in [1.29, 1.82) is 0 Å². The van der Waals surface area contributed by atoms with Crippen LogP contribution in [0.5, 0.6) is 34.5 Å². The Morgan fingerprint density at radius 3 is 2.00 bits per heavy atom. The summed E-state index contributed by atoms with van der Waals surface area (Å²) in [6.45, 7) is 8.48. The fraction of sp³-hybridized carbons (Fsp3) is 0.102. The van der Waals surface area contributed by atoms with Gasteiger partial charge in [-0.15, -0.1) is 35.7 Å². The van der Waals surface area contributed by atoms with E-state index in [-0.39, 0.29) is 21.1 Å². The molecule has 0 aliphatic carbocycles. The van der Waals surface area contributed by atoms with Gasteiger partial charge in [-0.25, -0.2) is 4.98 Å². The first-order chi connectivity index (χ1) is 27.4. The maximum absolute atomic E-state index is 6.58. The average molecular weight is 926 g/mol. The van der Waals surface area contributed by atoms with Gasteiger partial charge in [0.15, 0.2) is 0 Å². The van der Waals surface area contributed by atoms with Crippen LogP contribution in [-0.2, 0) is 21.1 Å². The molecule has 0 unspecified atom stereocenters. The number of hydrogen-bond acceptors (Lipinski definition) is 5. The van der Waals surface area contributed by atoms with E-state index in [1.54, 1.807) is 4.68 Å². The Morgan fingerprint density at radius 2 is 1.30 bits per heavy atom. The van der Waals surface area contributed by atoms with Crippen molar-refractivity contribution in [3.05, 3.63) is 181 Å². The number of ether oxygens (including phenoxy) is 3. The molecule has 0 saturated heterocycles. The van der Waals surface area contributed by atoms with Crippen molar-refractivity contribution in [3.8, 4) is 57.1 Å². The molecule has 7 nitrogen and oxygen atoms in total. The molecule has 9 rings (SSSR count). The molecule has 57 heavy (non-hydrogen) atoms. The maximum Gasteiger partial charge on any atom is 2.00 e. The SMILES string of the molecule is Cc1cc(C)c(Oc2ccccc2)c(-c2cnn(-c3[c-]c(Oc4[c-]c5c(cc4)c4ccccc4n5-c4cc(C(C)C)ccn4)ccc3)c2)c1Oc1ccccc1.[Pt+2]. The fourth-order valence-corrected chi connectivity index (χ4v) is 7.11. The molecule has 0 bridgehead atoms.